The third-order valence-electron chi connectivity index (χ3n) is 2.10. The number of fused-ring (bicyclic) bond motifs is 1. The van der Waals surface area contributed by atoms with E-state index in [0.29, 0.717) is 11.3 Å². The molecule has 0 radical (unpaired) electrons. The Hall–Kier alpha value is -0.560. The molecule has 0 aliphatic carbocycles. The SMILES string of the molecule is CN(C)/C=C1\OC(=O)c2c(I)cc(Br)cc21. The lowest BCUT2D eigenvalue weighted by atomic mass is 10.1. The molecule has 16 heavy (non-hydrogen) atoms. The van der Waals surface area contributed by atoms with Gasteiger partial charge in [-0.15, -0.1) is 0 Å². The maximum Gasteiger partial charge on any atom is 0.345 e. The summed E-state index contributed by atoms with van der Waals surface area (Å²) >= 11 is 5.56. The Morgan fingerprint density at radius 3 is 2.75 bits per heavy atom. The smallest absolute Gasteiger partial charge is 0.345 e. The van der Waals surface area contributed by atoms with Gasteiger partial charge in [0.05, 0.1) is 5.56 Å². The van der Waals surface area contributed by atoms with E-state index in [4.69, 9.17) is 4.74 Å². The molecule has 0 spiro atoms. The standard InChI is InChI=1S/C11H9BrINO2/c1-14(2)5-9-7-3-6(12)4-8(13)10(7)11(15)16-9/h3-5H,1-2H3/b9-5-. The molecule has 0 atom stereocenters. The van der Waals surface area contributed by atoms with Gasteiger partial charge < -0.3 is 9.64 Å². The molecule has 1 aliphatic rings. The zero-order valence-corrected chi connectivity index (χ0v) is 12.5. The minimum absolute atomic E-state index is 0.278. The van der Waals surface area contributed by atoms with Crippen molar-refractivity contribution in [3.05, 3.63) is 37.5 Å². The molecule has 1 aromatic rings. The van der Waals surface area contributed by atoms with Crippen LogP contribution in [0.3, 0.4) is 0 Å². The Balaban J connectivity index is 2.62. The number of rotatable bonds is 1. The monoisotopic (exact) mass is 393 g/mol. The van der Waals surface area contributed by atoms with Crippen LogP contribution in [0.4, 0.5) is 0 Å². The lowest BCUT2D eigenvalue weighted by molar-refractivity contribution is 0.0713. The second kappa shape index (κ2) is 4.37. The number of ether oxygens (including phenoxy) is 1. The fourth-order valence-corrected chi connectivity index (χ4v) is 3.24. The largest absolute Gasteiger partial charge is 0.421 e. The van der Waals surface area contributed by atoms with Crippen LogP contribution in [0, 0.1) is 3.57 Å². The van der Waals surface area contributed by atoms with Gasteiger partial charge in [0.1, 0.15) is 0 Å². The number of halogens is 2. The number of carbonyl (C=O) groups excluding carboxylic acids is 1. The van der Waals surface area contributed by atoms with Gasteiger partial charge in [-0.1, -0.05) is 15.9 Å². The summed E-state index contributed by atoms with van der Waals surface area (Å²) in [5.41, 5.74) is 1.49. The molecule has 0 saturated heterocycles. The van der Waals surface area contributed by atoms with E-state index in [9.17, 15) is 4.79 Å². The van der Waals surface area contributed by atoms with Crippen LogP contribution in [0.2, 0.25) is 0 Å². The Morgan fingerprint density at radius 1 is 1.44 bits per heavy atom. The lowest BCUT2D eigenvalue weighted by Crippen LogP contribution is -2.02. The van der Waals surface area contributed by atoms with Crippen molar-refractivity contribution >= 4 is 50.2 Å². The summed E-state index contributed by atoms with van der Waals surface area (Å²) in [6.45, 7) is 0. The average Bonchev–Trinajstić information content (AvgIpc) is 2.41. The first-order valence-electron chi connectivity index (χ1n) is 4.59. The molecule has 0 amide bonds. The normalized spacial score (nSPS) is 16.2. The second-order valence-electron chi connectivity index (χ2n) is 3.66. The summed E-state index contributed by atoms with van der Waals surface area (Å²) in [6.07, 6.45) is 1.80. The van der Waals surface area contributed by atoms with Crippen molar-refractivity contribution in [2.75, 3.05) is 14.1 Å². The highest BCUT2D eigenvalue weighted by Gasteiger charge is 2.29. The van der Waals surface area contributed by atoms with Crippen molar-refractivity contribution in [2.45, 2.75) is 0 Å². The van der Waals surface area contributed by atoms with Gasteiger partial charge in [0.2, 0.25) is 0 Å². The third kappa shape index (κ3) is 2.10. The molecule has 3 nitrogen and oxygen atoms in total. The van der Waals surface area contributed by atoms with Crippen molar-refractivity contribution in [1.82, 2.24) is 4.90 Å². The Kier molecular flexibility index (Phi) is 3.25. The zero-order chi connectivity index (χ0) is 11.9. The second-order valence-corrected chi connectivity index (χ2v) is 5.73. The van der Waals surface area contributed by atoms with Gasteiger partial charge in [-0.25, -0.2) is 4.79 Å². The van der Waals surface area contributed by atoms with E-state index in [0.717, 1.165) is 13.6 Å². The van der Waals surface area contributed by atoms with Crippen LogP contribution in [-0.4, -0.2) is 25.0 Å². The minimum atomic E-state index is -0.278. The summed E-state index contributed by atoms with van der Waals surface area (Å²) in [5, 5.41) is 0. The number of nitrogens with zero attached hydrogens (tertiary/aromatic N) is 1. The van der Waals surface area contributed by atoms with Crippen LogP contribution < -0.4 is 0 Å². The topological polar surface area (TPSA) is 29.5 Å². The molecule has 5 heteroatoms. The first kappa shape index (κ1) is 11.9. The minimum Gasteiger partial charge on any atom is -0.421 e. The Bertz CT molecular complexity index is 497. The van der Waals surface area contributed by atoms with Crippen molar-refractivity contribution in [3.63, 3.8) is 0 Å². The van der Waals surface area contributed by atoms with Crippen molar-refractivity contribution in [1.29, 1.82) is 0 Å². The number of carbonyl (C=O) groups is 1. The molecule has 0 saturated carbocycles. The molecule has 2 rings (SSSR count). The van der Waals surface area contributed by atoms with Crippen LogP contribution in [0.1, 0.15) is 15.9 Å². The molecule has 0 unspecified atom stereocenters. The number of esters is 1. The van der Waals surface area contributed by atoms with Crippen LogP contribution in [0.25, 0.3) is 5.76 Å². The molecule has 1 aromatic carbocycles. The molecule has 0 bridgehead atoms. The molecular weight excluding hydrogens is 385 g/mol. The van der Waals surface area contributed by atoms with Gasteiger partial charge in [-0.3, -0.25) is 0 Å². The maximum atomic E-state index is 11.7. The quantitative estimate of drug-likeness (QED) is 0.542. The van der Waals surface area contributed by atoms with Crippen molar-refractivity contribution in [2.24, 2.45) is 0 Å². The highest BCUT2D eigenvalue weighted by Crippen LogP contribution is 2.35. The van der Waals surface area contributed by atoms with E-state index in [1.54, 1.807) is 6.20 Å². The Labute approximate surface area is 116 Å². The first-order chi connectivity index (χ1) is 7.49. The predicted octanol–water partition coefficient (Wildman–Crippen LogP) is 3.08. The van der Waals surface area contributed by atoms with Gasteiger partial charge in [0.15, 0.2) is 5.76 Å². The van der Waals surface area contributed by atoms with Gasteiger partial charge in [0.25, 0.3) is 0 Å². The summed E-state index contributed by atoms with van der Waals surface area (Å²) < 4.78 is 7.07. The van der Waals surface area contributed by atoms with Crippen LogP contribution in [0.15, 0.2) is 22.8 Å². The highest BCUT2D eigenvalue weighted by molar-refractivity contribution is 14.1. The molecular formula is C11H9BrINO2. The lowest BCUT2D eigenvalue weighted by Gasteiger charge is -2.06. The summed E-state index contributed by atoms with van der Waals surface area (Å²) in [7, 11) is 3.78. The number of hydrogen-bond donors (Lipinski definition) is 0. The fraction of sp³-hybridized carbons (Fsp3) is 0.182. The van der Waals surface area contributed by atoms with Crippen LogP contribution in [0.5, 0.6) is 0 Å². The summed E-state index contributed by atoms with van der Waals surface area (Å²) in [5.74, 6) is 0.323. The molecule has 0 aromatic heterocycles. The molecule has 1 heterocycles. The van der Waals surface area contributed by atoms with Gasteiger partial charge in [-0.05, 0) is 34.7 Å². The fourth-order valence-electron chi connectivity index (χ4n) is 1.51. The average molecular weight is 394 g/mol. The molecule has 0 N–H and O–H groups in total. The summed E-state index contributed by atoms with van der Waals surface area (Å²) in [6, 6.07) is 3.80. The van der Waals surface area contributed by atoms with Crippen LogP contribution >= 0.6 is 38.5 Å². The van der Waals surface area contributed by atoms with Gasteiger partial charge in [-0.2, -0.15) is 0 Å². The first-order valence-corrected chi connectivity index (χ1v) is 6.46. The number of hydrogen-bond acceptors (Lipinski definition) is 3. The van der Waals surface area contributed by atoms with E-state index in [-0.39, 0.29) is 5.97 Å². The zero-order valence-electron chi connectivity index (χ0n) is 8.75. The summed E-state index contributed by atoms with van der Waals surface area (Å²) in [4.78, 5) is 13.5. The van der Waals surface area contributed by atoms with Crippen LogP contribution in [-0.2, 0) is 4.74 Å². The predicted molar refractivity (Wildman–Crippen MR) is 73.9 cm³/mol. The van der Waals surface area contributed by atoms with Crippen molar-refractivity contribution in [3.8, 4) is 0 Å². The molecule has 0 fully saturated rings. The van der Waals surface area contributed by atoms with E-state index < -0.39 is 0 Å². The van der Waals surface area contributed by atoms with E-state index in [1.165, 1.54) is 0 Å². The maximum absolute atomic E-state index is 11.7. The van der Waals surface area contributed by atoms with Gasteiger partial charge in [0, 0.05) is 33.9 Å². The Morgan fingerprint density at radius 2 is 2.12 bits per heavy atom. The molecule has 1 aliphatic heterocycles. The molecule has 84 valence electrons. The van der Waals surface area contributed by atoms with Crippen molar-refractivity contribution < 1.29 is 9.53 Å². The van der Waals surface area contributed by atoms with E-state index in [2.05, 4.69) is 38.5 Å². The number of cyclic esters (lactones) is 1. The number of benzene rings is 1. The van der Waals surface area contributed by atoms with E-state index >= 15 is 0 Å². The van der Waals surface area contributed by atoms with E-state index in [1.807, 2.05) is 31.1 Å². The highest BCUT2D eigenvalue weighted by atomic mass is 127. The van der Waals surface area contributed by atoms with Gasteiger partial charge >= 0.3 is 5.97 Å². The third-order valence-corrected chi connectivity index (χ3v) is 3.41.